The molecule has 0 aliphatic rings. The fourth-order valence-corrected chi connectivity index (χ4v) is 2.92. The van der Waals surface area contributed by atoms with Gasteiger partial charge in [-0.2, -0.15) is 5.10 Å². The zero-order valence-corrected chi connectivity index (χ0v) is 13.7. The second kappa shape index (κ2) is 5.13. The highest BCUT2D eigenvalue weighted by molar-refractivity contribution is 5.93. The van der Waals surface area contributed by atoms with Crippen LogP contribution in [0.4, 0.5) is 0 Å². The molecule has 5 nitrogen and oxygen atoms in total. The Balaban J connectivity index is 2.27. The first kappa shape index (κ1) is 15.5. The van der Waals surface area contributed by atoms with Crippen LogP contribution >= 0.6 is 0 Å². The molecule has 0 fully saturated rings. The Morgan fingerprint density at radius 2 is 1.95 bits per heavy atom. The number of nitrogens with one attached hydrogen (secondary N) is 1. The van der Waals surface area contributed by atoms with Gasteiger partial charge in [-0.05, 0) is 38.7 Å². The minimum absolute atomic E-state index is 0.125. The Hall–Kier alpha value is -1.91. The Labute approximate surface area is 125 Å². The molecule has 2 rings (SSSR count). The molecule has 114 valence electrons. The Morgan fingerprint density at radius 3 is 2.57 bits per heavy atom. The number of aryl methyl sites for hydroxylation is 1. The molecule has 1 amide bonds. The predicted molar refractivity (Wildman–Crippen MR) is 83.3 cm³/mol. The van der Waals surface area contributed by atoms with Gasteiger partial charge in [-0.3, -0.25) is 4.79 Å². The summed E-state index contributed by atoms with van der Waals surface area (Å²) < 4.78 is 1.60. The molecule has 0 bridgehead atoms. The molecule has 0 atom stereocenters. The monoisotopic (exact) mass is 288 g/mol. The van der Waals surface area contributed by atoms with Crippen LogP contribution in [0.1, 0.15) is 57.2 Å². The second-order valence-electron chi connectivity index (χ2n) is 7.46. The van der Waals surface area contributed by atoms with Crippen molar-refractivity contribution < 1.29 is 4.79 Å². The van der Waals surface area contributed by atoms with Crippen LogP contribution in [-0.4, -0.2) is 26.0 Å². The normalized spacial score (nSPS) is 12.7. The van der Waals surface area contributed by atoms with E-state index >= 15 is 0 Å². The maximum Gasteiger partial charge on any atom is 0.270 e. The summed E-state index contributed by atoms with van der Waals surface area (Å²) in [6.07, 6.45) is 2.53. The molecular formula is C16H24N4O. The van der Waals surface area contributed by atoms with E-state index in [0.29, 0.717) is 11.3 Å². The molecule has 0 spiro atoms. The van der Waals surface area contributed by atoms with E-state index in [9.17, 15) is 4.79 Å². The van der Waals surface area contributed by atoms with Crippen molar-refractivity contribution in [3.05, 3.63) is 29.7 Å². The van der Waals surface area contributed by atoms with Crippen molar-refractivity contribution in [1.29, 1.82) is 0 Å². The van der Waals surface area contributed by atoms with Gasteiger partial charge in [0, 0.05) is 17.8 Å². The molecular weight excluding hydrogens is 264 g/mol. The van der Waals surface area contributed by atoms with E-state index in [1.54, 1.807) is 16.8 Å². The Bertz CT molecular complexity index is 664. The summed E-state index contributed by atoms with van der Waals surface area (Å²) in [5, 5.41) is 7.44. The molecule has 0 unspecified atom stereocenters. The quantitative estimate of drug-likeness (QED) is 0.944. The van der Waals surface area contributed by atoms with E-state index < -0.39 is 0 Å². The number of fused-ring (bicyclic) bond motifs is 1. The lowest BCUT2D eigenvalue weighted by molar-refractivity contribution is 0.0883. The van der Waals surface area contributed by atoms with Crippen LogP contribution in [0.25, 0.3) is 5.65 Å². The summed E-state index contributed by atoms with van der Waals surface area (Å²) in [6.45, 7) is 12.5. The third-order valence-corrected chi connectivity index (χ3v) is 3.14. The standard InChI is InChI=1S/C16H24N4O/c1-11-9-13-17-8-7-12(20(13)19-11)14(21)18-16(5,6)10-15(2,3)4/h7-9H,10H2,1-6H3,(H,18,21). The minimum atomic E-state index is -0.285. The molecule has 5 heteroatoms. The summed E-state index contributed by atoms with van der Waals surface area (Å²) in [4.78, 5) is 16.8. The first-order valence-electron chi connectivity index (χ1n) is 7.21. The van der Waals surface area contributed by atoms with Crippen LogP contribution in [-0.2, 0) is 0 Å². The number of hydrogen-bond acceptors (Lipinski definition) is 3. The summed E-state index contributed by atoms with van der Waals surface area (Å²) in [7, 11) is 0. The van der Waals surface area contributed by atoms with Gasteiger partial charge in [-0.15, -0.1) is 0 Å². The highest BCUT2D eigenvalue weighted by atomic mass is 16.2. The lowest BCUT2D eigenvalue weighted by Crippen LogP contribution is -2.46. The van der Waals surface area contributed by atoms with Gasteiger partial charge in [0.15, 0.2) is 5.65 Å². The highest BCUT2D eigenvalue weighted by Gasteiger charge is 2.28. The maximum absolute atomic E-state index is 12.6. The number of carbonyl (C=O) groups excluding carboxylic acids is 1. The molecule has 21 heavy (non-hydrogen) atoms. The number of amides is 1. The average molecular weight is 288 g/mol. The fraction of sp³-hybridized carbons (Fsp3) is 0.562. The van der Waals surface area contributed by atoms with E-state index in [0.717, 1.165) is 12.1 Å². The molecule has 0 radical (unpaired) electrons. The molecule has 0 saturated carbocycles. The smallest absolute Gasteiger partial charge is 0.270 e. The zero-order chi connectivity index (χ0) is 15.8. The number of hydrogen-bond donors (Lipinski definition) is 1. The van der Waals surface area contributed by atoms with Gasteiger partial charge in [0.2, 0.25) is 0 Å². The van der Waals surface area contributed by atoms with Gasteiger partial charge in [0.05, 0.1) is 5.69 Å². The Morgan fingerprint density at radius 1 is 1.29 bits per heavy atom. The number of nitrogens with zero attached hydrogens (tertiary/aromatic N) is 3. The first-order chi connectivity index (χ1) is 9.57. The fourth-order valence-electron chi connectivity index (χ4n) is 2.92. The van der Waals surface area contributed by atoms with Crippen molar-refractivity contribution in [1.82, 2.24) is 19.9 Å². The SMILES string of the molecule is Cc1cc2nccc(C(=O)NC(C)(C)CC(C)(C)C)n2n1. The van der Waals surface area contributed by atoms with E-state index in [4.69, 9.17) is 0 Å². The number of rotatable bonds is 3. The lowest BCUT2D eigenvalue weighted by Gasteiger charge is -2.33. The molecule has 2 aromatic rings. The molecule has 0 aliphatic heterocycles. The van der Waals surface area contributed by atoms with Gasteiger partial charge in [0.25, 0.3) is 5.91 Å². The van der Waals surface area contributed by atoms with Crippen LogP contribution in [0.3, 0.4) is 0 Å². The second-order valence-corrected chi connectivity index (χ2v) is 7.46. The average Bonchev–Trinajstić information content (AvgIpc) is 2.64. The molecule has 2 aromatic heterocycles. The number of carbonyl (C=O) groups is 1. The predicted octanol–water partition coefficient (Wildman–Crippen LogP) is 2.98. The van der Waals surface area contributed by atoms with Gasteiger partial charge < -0.3 is 5.32 Å². The van der Waals surface area contributed by atoms with Crippen LogP contribution in [0.5, 0.6) is 0 Å². The zero-order valence-electron chi connectivity index (χ0n) is 13.7. The minimum Gasteiger partial charge on any atom is -0.346 e. The van der Waals surface area contributed by atoms with E-state index in [1.165, 1.54) is 0 Å². The molecule has 1 N–H and O–H groups in total. The topological polar surface area (TPSA) is 59.3 Å². The highest BCUT2D eigenvalue weighted by Crippen LogP contribution is 2.27. The van der Waals surface area contributed by atoms with Gasteiger partial charge in [0.1, 0.15) is 5.69 Å². The lowest BCUT2D eigenvalue weighted by atomic mass is 9.82. The maximum atomic E-state index is 12.6. The van der Waals surface area contributed by atoms with Crippen molar-refractivity contribution in [2.75, 3.05) is 0 Å². The van der Waals surface area contributed by atoms with E-state index in [1.807, 2.05) is 26.8 Å². The third kappa shape index (κ3) is 3.80. The van der Waals surface area contributed by atoms with Crippen LogP contribution in [0.2, 0.25) is 0 Å². The summed E-state index contributed by atoms with van der Waals surface area (Å²) >= 11 is 0. The molecule has 0 saturated heterocycles. The van der Waals surface area contributed by atoms with Crippen molar-refractivity contribution in [3.63, 3.8) is 0 Å². The van der Waals surface area contributed by atoms with Crippen LogP contribution < -0.4 is 5.32 Å². The van der Waals surface area contributed by atoms with Crippen molar-refractivity contribution in [2.45, 2.75) is 53.5 Å². The van der Waals surface area contributed by atoms with Gasteiger partial charge in [-0.1, -0.05) is 20.8 Å². The first-order valence-corrected chi connectivity index (χ1v) is 7.21. The van der Waals surface area contributed by atoms with Crippen molar-refractivity contribution in [3.8, 4) is 0 Å². The van der Waals surface area contributed by atoms with E-state index in [2.05, 4.69) is 36.2 Å². The van der Waals surface area contributed by atoms with Crippen LogP contribution in [0.15, 0.2) is 18.3 Å². The van der Waals surface area contributed by atoms with Crippen molar-refractivity contribution >= 4 is 11.6 Å². The molecule has 0 aliphatic carbocycles. The van der Waals surface area contributed by atoms with E-state index in [-0.39, 0.29) is 16.9 Å². The molecule has 0 aromatic carbocycles. The number of aromatic nitrogens is 3. The largest absolute Gasteiger partial charge is 0.346 e. The summed E-state index contributed by atoms with van der Waals surface area (Å²) in [5.41, 5.74) is 1.90. The van der Waals surface area contributed by atoms with Crippen molar-refractivity contribution in [2.24, 2.45) is 5.41 Å². The molecule has 2 heterocycles. The Kier molecular flexibility index (Phi) is 3.78. The van der Waals surface area contributed by atoms with Crippen LogP contribution in [0, 0.1) is 12.3 Å². The van der Waals surface area contributed by atoms with Gasteiger partial charge in [-0.25, -0.2) is 9.50 Å². The summed E-state index contributed by atoms with van der Waals surface area (Å²) in [5.74, 6) is -0.125. The van der Waals surface area contributed by atoms with Gasteiger partial charge >= 0.3 is 0 Å². The summed E-state index contributed by atoms with van der Waals surface area (Å²) in [6, 6.07) is 3.55. The third-order valence-electron chi connectivity index (χ3n) is 3.14.